The minimum absolute atomic E-state index is 0.0827. The highest BCUT2D eigenvalue weighted by Gasteiger charge is 2.23. The average Bonchev–Trinajstić information content (AvgIpc) is 3.25. The lowest BCUT2D eigenvalue weighted by atomic mass is 10.2. The van der Waals surface area contributed by atoms with Gasteiger partial charge < -0.3 is 25.0 Å². The molecule has 0 radical (unpaired) electrons. The van der Waals surface area contributed by atoms with Crippen LogP contribution in [0.5, 0.6) is 5.75 Å². The second kappa shape index (κ2) is 12.4. The molecule has 9 nitrogen and oxygen atoms in total. The lowest BCUT2D eigenvalue weighted by Crippen LogP contribution is -2.33. The van der Waals surface area contributed by atoms with Crippen molar-refractivity contribution in [2.24, 2.45) is 0 Å². The van der Waals surface area contributed by atoms with Gasteiger partial charge >= 0.3 is 0 Å². The van der Waals surface area contributed by atoms with Crippen molar-refractivity contribution in [1.82, 2.24) is 20.1 Å². The van der Waals surface area contributed by atoms with Crippen LogP contribution in [-0.4, -0.2) is 51.2 Å². The number of aliphatic hydroxyl groups excluding tert-OH is 1. The summed E-state index contributed by atoms with van der Waals surface area (Å²) in [4.78, 5) is 25.2. The van der Waals surface area contributed by atoms with Gasteiger partial charge in [-0.05, 0) is 55.0 Å². The van der Waals surface area contributed by atoms with E-state index < -0.39 is 12.6 Å². The maximum absolute atomic E-state index is 12.7. The van der Waals surface area contributed by atoms with E-state index in [0.717, 1.165) is 5.56 Å². The Labute approximate surface area is 212 Å². The summed E-state index contributed by atoms with van der Waals surface area (Å²) in [6, 6.07) is 11.0. The van der Waals surface area contributed by atoms with E-state index >= 15 is 0 Å². The molecular formula is C24H26ClN5O4S. The standard InChI is InChI=1S/C24H26ClN5O4S/c1-4-11-30-22(20(13-31)27-23(33)16-5-8-18(34-3)9-6-16)28-29-24(30)35-14-21(32)26-19-10-7-17(25)12-15(19)2/h4-10,12,20,31H,1,11,13-14H2,2-3H3,(H,26,32)(H,27,33)/t20-/m1/s1. The van der Waals surface area contributed by atoms with E-state index in [4.69, 9.17) is 16.3 Å². The molecule has 2 aromatic carbocycles. The number of amides is 2. The highest BCUT2D eigenvalue weighted by molar-refractivity contribution is 7.99. The summed E-state index contributed by atoms with van der Waals surface area (Å²) in [5.74, 6) is 0.460. The Kier molecular flexibility index (Phi) is 9.30. The zero-order chi connectivity index (χ0) is 25.4. The highest BCUT2D eigenvalue weighted by Crippen LogP contribution is 2.23. The first-order valence-corrected chi connectivity index (χ1v) is 12.0. The Morgan fingerprint density at radius 3 is 2.63 bits per heavy atom. The molecule has 35 heavy (non-hydrogen) atoms. The molecule has 0 spiro atoms. The molecule has 1 heterocycles. The molecule has 11 heteroatoms. The number of aryl methyl sites for hydroxylation is 1. The van der Waals surface area contributed by atoms with Gasteiger partial charge in [-0.15, -0.1) is 16.8 Å². The molecule has 0 saturated carbocycles. The van der Waals surface area contributed by atoms with Crippen molar-refractivity contribution >= 4 is 40.9 Å². The first-order valence-electron chi connectivity index (χ1n) is 10.6. The van der Waals surface area contributed by atoms with Gasteiger partial charge in [0, 0.05) is 22.8 Å². The van der Waals surface area contributed by atoms with Crippen molar-refractivity contribution in [1.29, 1.82) is 0 Å². The number of rotatable bonds is 11. The first kappa shape index (κ1) is 26.3. The summed E-state index contributed by atoms with van der Waals surface area (Å²) < 4.78 is 6.81. The molecule has 1 aromatic heterocycles. The Balaban J connectivity index is 1.70. The van der Waals surface area contributed by atoms with Crippen LogP contribution in [0.2, 0.25) is 5.02 Å². The smallest absolute Gasteiger partial charge is 0.251 e. The largest absolute Gasteiger partial charge is 0.497 e. The number of thioether (sulfide) groups is 1. The van der Waals surface area contributed by atoms with Crippen LogP contribution in [0, 0.1) is 6.92 Å². The average molecular weight is 516 g/mol. The van der Waals surface area contributed by atoms with E-state index in [0.29, 0.717) is 39.5 Å². The Bertz CT molecular complexity index is 1200. The zero-order valence-electron chi connectivity index (χ0n) is 19.3. The van der Waals surface area contributed by atoms with Gasteiger partial charge in [0.1, 0.15) is 11.8 Å². The van der Waals surface area contributed by atoms with Gasteiger partial charge in [0.25, 0.3) is 5.91 Å². The number of nitrogens with one attached hydrogen (secondary N) is 2. The number of carbonyl (C=O) groups is 2. The minimum Gasteiger partial charge on any atom is -0.497 e. The third-order valence-electron chi connectivity index (χ3n) is 5.00. The second-order valence-corrected chi connectivity index (χ2v) is 8.85. The van der Waals surface area contributed by atoms with E-state index in [1.807, 2.05) is 6.92 Å². The molecule has 0 bridgehead atoms. The molecule has 0 unspecified atom stereocenters. The number of aromatic nitrogens is 3. The number of benzene rings is 2. The van der Waals surface area contributed by atoms with Gasteiger partial charge in [0.05, 0.1) is 19.5 Å². The van der Waals surface area contributed by atoms with Crippen molar-refractivity contribution in [2.45, 2.75) is 24.7 Å². The number of ether oxygens (including phenoxy) is 1. The molecule has 1 atom stereocenters. The van der Waals surface area contributed by atoms with Crippen LogP contribution in [0.1, 0.15) is 27.8 Å². The third-order valence-corrected chi connectivity index (χ3v) is 6.21. The number of methoxy groups -OCH3 is 1. The predicted octanol–water partition coefficient (Wildman–Crippen LogP) is 3.63. The molecule has 0 aliphatic rings. The molecule has 3 N–H and O–H groups in total. The Morgan fingerprint density at radius 1 is 1.26 bits per heavy atom. The lowest BCUT2D eigenvalue weighted by molar-refractivity contribution is -0.113. The van der Waals surface area contributed by atoms with Gasteiger partial charge in [0.2, 0.25) is 5.91 Å². The number of hydrogen-bond acceptors (Lipinski definition) is 7. The number of carbonyl (C=O) groups excluding carboxylic acids is 2. The van der Waals surface area contributed by atoms with Crippen molar-refractivity contribution in [3.8, 4) is 5.75 Å². The molecule has 0 fully saturated rings. The Hall–Kier alpha value is -3.34. The van der Waals surface area contributed by atoms with Crippen LogP contribution in [0.3, 0.4) is 0 Å². The summed E-state index contributed by atoms with van der Waals surface area (Å²) in [5, 5.41) is 25.0. The summed E-state index contributed by atoms with van der Waals surface area (Å²) in [7, 11) is 1.54. The summed E-state index contributed by atoms with van der Waals surface area (Å²) in [6.45, 7) is 5.56. The van der Waals surface area contributed by atoms with Crippen LogP contribution >= 0.6 is 23.4 Å². The van der Waals surface area contributed by atoms with Crippen molar-refractivity contribution in [2.75, 3.05) is 24.8 Å². The molecule has 0 aliphatic carbocycles. The minimum atomic E-state index is -0.808. The number of hydrogen-bond donors (Lipinski definition) is 3. The number of allylic oxidation sites excluding steroid dienone is 1. The summed E-state index contributed by atoms with van der Waals surface area (Å²) in [6.07, 6.45) is 1.65. The quantitative estimate of drug-likeness (QED) is 0.263. The van der Waals surface area contributed by atoms with Gasteiger partial charge in [-0.25, -0.2) is 0 Å². The van der Waals surface area contributed by atoms with E-state index in [9.17, 15) is 14.7 Å². The molecule has 3 rings (SSSR count). The predicted molar refractivity (Wildman–Crippen MR) is 136 cm³/mol. The molecule has 0 aliphatic heterocycles. The first-order chi connectivity index (χ1) is 16.9. The fraction of sp³-hybridized carbons (Fsp3) is 0.250. The maximum Gasteiger partial charge on any atom is 0.251 e. The molecule has 2 amide bonds. The van der Waals surface area contributed by atoms with E-state index in [2.05, 4.69) is 27.4 Å². The molecular weight excluding hydrogens is 490 g/mol. The van der Waals surface area contributed by atoms with Crippen LogP contribution in [0.25, 0.3) is 0 Å². The van der Waals surface area contributed by atoms with E-state index in [1.165, 1.54) is 11.8 Å². The number of anilines is 1. The molecule has 0 saturated heterocycles. The van der Waals surface area contributed by atoms with Gasteiger partial charge in [-0.2, -0.15) is 0 Å². The van der Waals surface area contributed by atoms with E-state index in [-0.39, 0.29) is 17.6 Å². The van der Waals surface area contributed by atoms with Crippen molar-refractivity contribution in [3.05, 3.63) is 77.1 Å². The lowest BCUT2D eigenvalue weighted by Gasteiger charge is -2.17. The topological polar surface area (TPSA) is 118 Å². The monoisotopic (exact) mass is 515 g/mol. The van der Waals surface area contributed by atoms with Crippen LogP contribution in [0.15, 0.2) is 60.3 Å². The second-order valence-electron chi connectivity index (χ2n) is 7.47. The maximum atomic E-state index is 12.7. The SMILES string of the molecule is C=CCn1c(SCC(=O)Nc2ccc(Cl)cc2C)nnc1[C@@H](CO)NC(=O)c1ccc(OC)cc1. The molecule has 3 aromatic rings. The van der Waals surface area contributed by atoms with Gasteiger partial charge in [-0.3, -0.25) is 9.59 Å². The fourth-order valence-electron chi connectivity index (χ4n) is 3.22. The van der Waals surface area contributed by atoms with Crippen molar-refractivity contribution < 1.29 is 19.4 Å². The third kappa shape index (κ3) is 6.84. The van der Waals surface area contributed by atoms with Crippen molar-refractivity contribution in [3.63, 3.8) is 0 Å². The normalized spacial score (nSPS) is 11.5. The highest BCUT2D eigenvalue weighted by atomic mass is 35.5. The van der Waals surface area contributed by atoms with E-state index in [1.54, 1.807) is 60.2 Å². The number of halogens is 1. The number of aliphatic hydroxyl groups is 1. The fourth-order valence-corrected chi connectivity index (χ4v) is 4.21. The van der Waals surface area contributed by atoms with Gasteiger partial charge in [-0.1, -0.05) is 29.4 Å². The summed E-state index contributed by atoms with van der Waals surface area (Å²) in [5.41, 5.74) is 1.93. The Morgan fingerprint density at radius 2 is 2.00 bits per heavy atom. The van der Waals surface area contributed by atoms with Gasteiger partial charge in [0.15, 0.2) is 11.0 Å². The summed E-state index contributed by atoms with van der Waals surface area (Å²) >= 11 is 7.15. The van der Waals surface area contributed by atoms with Crippen LogP contribution < -0.4 is 15.4 Å². The zero-order valence-corrected chi connectivity index (χ0v) is 20.9. The molecule has 184 valence electrons. The van der Waals surface area contributed by atoms with Crippen LogP contribution in [-0.2, 0) is 11.3 Å². The van der Waals surface area contributed by atoms with Crippen LogP contribution in [0.4, 0.5) is 5.69 Å². The number of nitrogens with zero attached hydrogens (tertiary/aromatic N) is 3.